The van der Waals surface area contributed by atoms with Crippen LogP contribution in [0.3, 0.4) is 0 Å². The van der Waals surface area contributed by atoms with Crippen molar-refractivity contribution in [3.8, 4) is 17.2 Å². The molecule has 184 valence electrons. The lowest BCUT2D eigenvalue weighted by molar-refractivity contribution is -0.0663. The Kier molecular flexibility index (Phi) is 4.17. The number of aryl methyl sites for hydroxylation is 2. The second-order valence-corrected chi connectivity index (χ2v) is 11.7. The molecule has 0 amide bonds. The number of benzene rings is 2. The van der Waals surface area contributed by atoms with Gasteiger partial charge in [0, 0.05) is 22.1 Å². The Morgan fingerprint density at radius 3 is 2.54 bits per heavy atom. The monoisotopic (exact) mass is 474 g/mol. The third kappa shape index (κ3) is 2.43. The molecule has 0 fully saturated rings. The number of aliphatic hydroxyl groups excluding tert-OH is 1. The van der Waals surface area contributed by atoms with E-state index in [1.165, 1.54) is 16.7 Å². The molecule has 3 aromatic rings. The largest absolute Gasteiger partial charge is 0.504 e. The highest BCUT2D eigenvalue weighted by atomic mass is 16.6. The van der Waals surface area contributed by atoms with Crippen LogP contribution in [-0.2, 0) is 12.0 Å². The molecule has 0 bridgehead atoms. The van der Waals surface area contributed by atoms with Crippen LogP contribution in [0.4, 0.5) is 0 Å². The number of fused-ring (bicyclic) bond motifs is 7. The highest BCUT2D eigenvalue weighted by Crippen LogP contribution is 2.64. The molecular weight excluding hydrogens is 440 g/mol. The van der Waals surface area contributed by atoms with Crippen molar-refractivity contribution < 1.29 is 24.1 Å². The quantitative estimate of drug-likeness (QED) is 0.388. The second-order valence-electron chi connectivity index (χ2n) is 11.7. The van der Waals surface area contributed by atoms with Gasteiger partial charge in [0.05, 0.1) is 18.3 Å². The third-order valence-corrected chi connectivity index (χ3v) is 9.64. The minimum Gasteiger partial charge on any atom is -0.504 e. The number of phenolic OH excluding ortho intramolecular Hbond substituents is 1. The third-order valence-electron chi connectivity index (χ3n) is 9.64. The zero-order valence-electron chi connectivity index (χ0n) is 21.4. The molecule has 2 aliphatic carbocycles. The molecule has 35 heavy (non-hydrogen) atoms. The summed E-state index contributed by atoms with van der Waals surface area (Å²) in [6, 6.07) is 0. The van der Waals surface area contributed by atoms with Crippen molar-refractivity contribution >= 4 is 11.0 Å². The van der Waals surface area contributed by atoms with Gasteiger partial charge < -0.3 is 24.1 Å². The smallest absolute Gasteiger partial charge is 0.176 e. The fraction of sp³-hybridized carbons (Fsp3) is 0.533. The molecule has 0 saturated carbocycles. The predicted molar refractivity (Wildman–Crippen MR) is 134 cm³/mol. The van der Waals surface area contributed by atoms with Crippen molar-refractivity contribution in [2.75, 3.05) is 0 Å². The van der Waals surface area contributed by atoms with E-state index in [-0.39, 0.29) is 17.6 Å². The predicted octanol–water partition coefficient (Wildman–Crippen LogP) is 6.52. The number of ether oxygens (including phenoxy) is 2. The van der Waals surface area contributed by atoms with Crippen LogP contribution in [0.15, 0.2) is 10.7 Å². The number of phenols is 1. The summed E-state index contributed by atoms with van der Waals surface area (Å²) in [6.07, 6.45) is 4.54. The van der Waals surface area contributed by atoms with Crippen molar-refractivity contribution in [1.82, 2.24) is 0 Å². The lowest BCUT2D eigenvalue weighted by Gasteiger charge is -2.47. The second kappa shape index (κ2) is 6.76. The van der Waals surface area contributed by atoms with E-state index in [0.717, 1.165) is 63.8 Å². The van der Waals surface area contributed by atoms with Crippen LogP contribution in [0, 0.1) is 20.8 Å². The molecule has 1 aromatic heterocycles. The molecule has 2 N–H and O–H groups in total. The van der Waals surface area contributed by atoms with Crippen LogP contribution < -0.4 is 9.47 Å². The molecule has 0 saturated heterocycles. The first kappa shape index (κ1) is 21.6. The first-order valence-electron chi connectivity index (χ1n) is 13.1. The van der Waals surface area contributed by atoms with E-state index in [9.17, 15) is 10.2 Å². The van der Waals surface area contributed by atoms with E-state index in [4.69, 9.17) is 13.9 Å². The van der Waals surface area contributed by atoms with Gasteiger partial charge in [-0.15, -0.1) is 0 Å². The van der Waals surface area contributed by atoms with Gasteiger partial charge in [0.2, 0.25) is 0 Å². The number of aliphatic hydroxyl groups is 1. The van der Waals surface area contributed by atoms with E-state index in [1.54, 1.807) is 0 Å². The Hall–Kier alpha value is -2.66. The molecule has 5 heteroatoms. The first-order valence-corrected chi connectivity index (χ1v) is 13.1. The van der Waals surface area contributed by atoms with Gasteiger partial charge in [-0.2, -0.15) is 0 Å². The molecule has 2 aromatic carbocycles. The van der Waals surface area contributed by atoms with Crippen molar-refractivity contribution in [3.63, 3.8) is 0 Å². The molecule has 3 heterocycles. The minimum absolute atomic E-state index is 0.203. The van der Waals surface area contributed by atoms with Crippen molar-refractivity contribution in [1.29, 1.82) is 0 Å². The summed E-state index contributed by atoms with van der Waals surface area (Å²) >= 11 is 0. The fourth-order valence-corrected chi connectivity index (χ4v) is 8.29. The maximum Gasteiger partial charge on any atom is 0.176 e. The summed E-state index contributed by atoms with van der Waals surface area (Å²) < 4.78 is 19.8. The zero-order valence-corrected chi connectivity index (χ0v) is 21.4. The zero-order chi connectivity index (χ0) is 24.5. The van der Waals surface area contributed by atoms with E-state index in [2.05, 4.69) is 41.5 Å². The maximum absolute atomic E-state index is 11.5. The molecule has 5 nitrogen and oxygen atoms in total. The molecule has 7 rings (SSSR count). The van der Waals surface area contributed by atoms with Gasteiger partial charge in [-0.05, 0) is 93.0 Å². The van der Waals surface area contributed by atoms with Gasteiger partial charge in [0.1, 0.15) is 0 Å². The number of hydrogen-bond acceptors (Lipinski definition) is 5. The van der Waals surface area contributed by atoms with E-state index in [0.29, 0.717) is 18.1 Å². The number of aromatic hydroxyl groups is 1. The normalized spacial score (nSPS) is 32.4. The van der Waals surface area contributed by atoms with Crippen LogP contribution >= 0.6 is 0 Å². The molecule has 0 unspecified atom stereocenters. The van der Waals surface area contributed by atoms with E-state index < -0.39 is 17.8 Å². The van der Waals surface area contributed by atoms with E-state index >= 15 is 0 Å². The standard InChI is InChI=1S/C30H34O5/c1-12-8-7-9-17-19(12)16(5)24-28(25(17)32)34-29-22-18(31)10-13(2)20-15(4)21-14(3)11-33-26(21)27(23(20)22)35-30(24,29)6/h11-13,18,22,29,31-32H,7-10H2,1-6H3/t12-,13-,18-,22-,29-,30-/m0/s1. The van der Waals surface area contributed by atoms with Crippen LogP contribution in [0.5, 0.6) is 17.2 Å². The Balaban J connectivity index is 1.55. The highest BCUT2D eigenvalue weighted by Gasteiger charge is 2.61. The summed E-state index contributed by atoms with van der Waals surface area (Å²) in [7, 11) is 0. The minimum atomic E-state index is -0.845. The average Bonchev–Trinajstić information content (AvgIpc) is 3.34. The summed E-state index contributed by atoms with van der Waals surface area (Å²) in [6.45, 7) is 12.9. The Morgan fingerprint density at radius 1 is 1.00 bits per heavy atom. The Morgan fingerprint density at radius 2 is 1.77 bits per heavy atom. The highest BCUT2D eigenvalue weighted by molar-refractivity contribution is 5.93. The van der Waals surface area contributed by atoms with Gasteiger partial charge in [0.25, 0.3) is 0 Å². The lowest BCUT2D eigenvalue weighted by atomic mass is 9.65. The van der Waals surface area contributed by atoms with E-state index in [1.807, 2.05) is 6.26 Å². The number of furan rings is 1. The summed E-state index contributed by atoms with van der Waals surface area (Å²) in [5, 5.41) is 24.1. The summed E-state index contributed by atoms with van der Waals surface area (Å²) in [5.41, 5.74) is 8.86. The van der Waals surface area contributed by atoms with Crippen LogP contribution in [-0.4, -0.2) is 22.4 Å². The van der Waals surface area contributed by atoms with Crippen LogP contribution in [0.25, 0.3) is 11.0 Å². The van der Waals surface area contributed by atoms with Gasteiger partial charge in [-0.1, -0.05) is 13.8 Å². The Labute approximate surface area is 206 Å². The molecular formula is C30H34O5. The topological polar surface area (TPSA) is 72.1 Å². The maximum atomic E-state index is 11.5. The SMILES string of the molecule is Cc1c2c(c(O)c3c1[C@]1(C)Oc4c5c(c(C)c6c(C)coc46)[C@@H](C)C[C@H](O)[C@@H]5[C@@H]1O3)CCC[C@@H]2C. The Bertz CT molecular complexity index is 1430. The number of rotatable bonds is 0. The molecule has 2 aliphatic heterocycles. The molecule has 0 radical (unpaired) electrons. The van der Waals surface area contributed by atoms with Crippen LogP contribution in [0.2, 0.25) is 0 Å². The van der Waals surface area contributed by atoms with Crippen molar-refractivity contribution in [3.05, 3.63) is 50.8 Å². The van der Waals surface area contributed by atoms with Gasteiger partial charge >= 0.3 is 0 Å². The van der Waals surface area contributed by atoms with Crippen LogP contribution in [0.1, 0.15) is 102 Å². The first-order chi connectivity index (χ1) is 16.6. The number of hydrogen-bond donors (Lipinski definition) is 2. The molecule has 0 spiro atoms. The van der Waals surface area contributed by atoms with Crippen molar-refractivity contribution in [2.24, 2.45) is 0 Å². The summed E-state index contributed by atoms with van der Waals surface area (Å²) in [5.74, 6) is 1.88. The lowest BCUT2D eigenvalue weighted by Crippen LogP contribution is -2.53. The molecule has 4 aliphatic rings. The van der Waals surface area contributed by atoms with Gasteiger partial charge in [-0.3, -0.25) is 0 Å². The van der Waals surface area contributed by atoms with Gasteiger partial charge in [0.15, 0.2) is 34.5 Å². The fourth-order valence-electron chi connectivity index (χ4n) is 8.29. The average molecular weight is 475 g/mol. The van der Waals surface area contributed by atoms with Crippen molar-refractivity contribution in [2.45, 2.75) is 103 Å². The molecule has 6 atom stereocenters. The van der Waals surface area contributed by atoms with Gasteiger partial charge in [-0.25, -0.2) is 0 Å². The summed E-state index contributed by atoms with van der Waals surface area (Å²) in [4.78, 5) is 0.